The summed E-state index contributed by atoms with van der Waals surface area (Å²) in [5.41, 5.74) is 2.34. The van der Waals surface area contributed by atoms with Crippen molar-refractivity contribution in [1.82, 2.24) is 14.9 Å². The second-order valence-corrected chi connectivity index (χ2v) is 7.65. The van der Waals surface area contributed by atoms with Gasteiger partial charge in [-0.05, 0) is 50.2 Å². The third-order valence-corrected chi connectivity index (χ3v) is 5.02. The Morgan fingerprint density at radius 2 is 1.97 bits per heavy atom. The van der Waals surface area contributed by atoms with Crippen LogP contribution < -0.4 is 10.6 Å². The van der Waals surface area contributed by atoms with Crippen molar-refractivity contribution in [1.29, 1.82) is 0 Å². The van der Waals surface area contributed by atoms with Crippen molar-refractivity contribution in [2.45, 2.75) is 26.7 Å². The first-order valence-electron chi connectivity index (χ1n) is 11.0. The number of anilines is 3. The summed E-state index contributed by atoms with van der Waals surface area (Å²) in [6, 6.07) is 10.6. The number of hydrogen-bond acceptors (Lipinski definition) is 6. The molecule has 0 aliphatic heterocycles. The molecule has 0 bridgehead atoms. The van der Waals surface area contributed by atoms with Crippen LogP contribution in [0.25, 0.3) is 10.9 Å². The average Bonchev–Trinajstić information content (AvgIpc) is 2.80. The van der Waals surface area contributed by atoms with E-state index in [9.17, 15) is 9.90 Å². The number of aromatic nitrogens is 2. The molecule has 7 nitrogen and oxygen atoms in total. The van der Waals surface area contributed by atoms with Gasteiger partial charge in [-0.2, -0.15) is 0 Å². The first-order valence-corrected chi connectivity index (χ1v) is 11.0. The molecule has 0 aliphatic carbocycles. The minimum absolute atomic E-state index is 0.0678. The van der Waals surface area contributed by atoms with Crippen molar-refractivity contribution in [2.75, 3.05) is 30.3 Å². The molecule has 0 atom stereocenters. The number of phenols is 1. The fraction of sp³-hybridized carbons (Fsp3) is 0.269. The number of carbonyl (C=O) groups is 1. The fourth-order valence-electron chi connectivity index (χ4n) is 3.53. The molecule has 7 heteroatoms. The van der Waals surface area contributed by atoms with E-state index in [2.05, 4.69) is 45.3 Å². The minimum Gasteiger partial charge on any atom is -0.506 e. The van der Waals surface area contributed by atoms with Crippen LogP contribution in [0, 0.1) is 12.3 Å². The van der Waals surface area contributed by atoms with Crippen LogP contribution in [0.15, 0.2) is 54.9 Å². The van der Waals surface area contributed by atoms with Gasteiger partial charge in [0, 0.05) is 35.3 Å². The van der Waals surface area contributed by atoms with Gasteiger partial charge in [0.25, 0.3) is 0 Å². The molecular weight excluding hydrogens is 414 g/mol. The highest BCUT2D eigenvalue weighted by Gasteiger charge is 2.11. The summed E-state index contributed by atoms with van der Waals surface area (Å²) < 4.78 is 0. The van der Waals surface area contributed by atoms with Crippen LogP contribution in [0.2, 0.25) is 0 Å². The Hall–Kier alpha value is -3.89. The lowest BCUT2D eigenvalue weighted by Gasteiger charge is -2.18. The Kier molecular flexibility index (Phi) is 8.39. The van der Waals surface area contributed by atoms with Crippen LogP contribution in [0.1, 0.15) is 32.3 Å². The van der Waals surface area contributed by atoms with Crippen LogP contribution in [0.4, 0.5) is 17.2 Å². The monoisotopic (exact) mass is 443 g/mol. The Balaban J connectivity index is 1.79. The summed E-state index contributed by atoms with van der Waals surface area (Å²) in [5, 5.41) is 17.0. The van der Waals surface area contributed by atoms with E-state index in [4.69, 9.17) is 6.42 Å². The molecule has 33 heavy (non-hydrogen) atoms. The first-order chi connectivity index (χ1) is 16.0. The fourth-order valence-corrected chi connectivity index (χ4v) is 3.53. The van der Waals surface area contributed by atoms with Crippen molar-refractivity contribution < 1.29 is 9.90 Å². The summed E-state index contributed by atoms with van der Waals surface area (Å²) >= 11 is 0. The van der Waals surface area contributed by atoms with E-state index in [1.165, 1.54) is 18.5 Å². The number of carbonyl (C=O) groups excluding carboxylic acids is 1. The standard InChI is InChI=1S/C26H29N5O2/c1-4-12-31(13-5-2)14-8-11-25(33)30-23-16-21-22(17-24(23)32)27-18-28-26(21)29-20-10-7-9-19(6-3)15-20/h3,7-11,15-18,32H,4-5,12-14H2,1-2H3,(H,30,33)(H,27,28,29)/b11-8+. The normalized spacial score (nSPS) is 11.1. The number of rotatable bonds is 10. The molecule has 0 spiro atoms. The molecule has 3 rings (SSSR count). The quantitative estimate of drug-likeness (QED) is 0.240. The molecule has 0 fully saturated rings. The predicted octanol–water partition coefficient (Wildman–Crippen LogP) is 4.68. The van der Waals surface area contributed by atoms with Gasteiger partial charge in [0.15, 0.2) is 0 Å². The van der Waals surface area contributed by atoms with Gasteiger partial charge in [-0.1, -0.05) is 31.9 Å². The number of phenolic OH excluding ortho intramolecular Hbond substituents is 1. The zero-order valence-corrected chi connectivity index (χ0v) is 19.0. The maximum absolute atomic E-state index is 12.5. The van der Waals surface area contributed by atoms with Gasteiger partial charge in [0.1, 0.15) is 17.9 Å². The van der Waals surface area contributed by atoms with Gasteiger partial charge < -0.3 is 15.7 Å². The number of hydrogen-bond donors (Lipinski definition) is 3. The molecule has 1 aromatic heterocycles. The third-order valence-electron chi connectivity index (χ3n) is 5.02. The lowest BCUT2D eigenvalue weighted by atomic mass is 10.1. The van der Waals surface area contributed by atoms with E-state index >= 15 is 0 Å². The SMILES string of the molecule is C#Cc1cccc(Nc2ncnc3cc(O)c(NC(=O)/C=C/CN(CCC)CCC)cc23)c1. The van der Waals surface area contributed by atoms with Crippen LogP contribution >= 0.6 is 0 Å². The Morgan fingerprint density at radius 1 is 1.18 bits per heavy atom. The Morgan fingerprint density at radius 3 is 2.70 bits per heavy atom. The van der Waals surface area contributed by atoms with Gasteiger partial charge in [-0.25, -0.2) is 9.97 Å². The summed E-state index contributed by atoms with van der Waals surface area (Å²) in [6.07, 6.45) is 12.4. The van der Waals surface area contributed by atoms with E-state index in [0.717, 1.165) is 37.2 Å². The van der Waals surface area contributed by atoms with Crippen LogP contribution in [-0.2, 0) is 4.79 Å². The average molecular weight is 444 g/mol. The van der Waals surface area contributed by atoms with Crippen molar-refractivity contribution in [3.05, 3.63) is 60.4 Å². The number of nitrogens with one attached hydrogen (secondary N) is 2. The number of amides is 1. The number of benzene rings is 2. The molecule has 0 radical (unpaired) electrons. The maximum atomic E-state index is 12.5. The molecule has 170 valence electrons. The summed E-state index contributed by atoms with van der Waals surface area (Å²) in [7, 11) is 0. The molecule has 3 aromatic rings. The number of fused-ring (bicyclic) bond motifs is 1. The Bertz CT molecular complexity index is 1180. The number of aromatic hydroxyl groups is 1. The topological polar surface area (TPSA) is 90.4 Å². The van der Waals surface area contributed by atoms with Crippen LogP contribution in [0.3, 0.4) is 0 Å². The zero-order valence-electron chi connectivity index (χ0n) is 19.0. The molecule has 0 aliphatic rings. The van der Waals surface area contributed by atoms with Gasteiger partial charge in [0.2, 0.25) is 5.91 Å². The smallest absolute Gasteiger partial charge is 0.248 e. The highest BCUT2D eigenvalue weighted by Crippen LogP contribution is 2.32. The molecule has 2 aromatic carbocycles. The van der Waals surface area contributed by atoms with Gasteiger partial charge >= 0.3 is 0 Å². The van der Waals surface area contributed by atoms with Crippen molar-refractivity contribution >= 4 is 34.0 Å². The van der Waals surface area contributed by atoms with Gasteiger partial charge in [0.05, 0.1) is 11.2 Å². The van der Waals surface area contributed by atoms with E-state index < -0.39 is 0 Å². The predicted molar refractivity (Wildman–Crippen MR) is 134 cm³/mol. The van der Waals surface area contributed by atoms with Crippen molar-refractivity contribution in [3.8, 4) is 18.1 Å². The lowest BCUT2D eigenvalue weighted by Crippen LogP contribution is -2.25. The maximum Gasteiger partial charge on any atom is 0.248 e. The molecule has 3 N–H and O–H groups in total. The van der Waals surface area contributed by atoms with E-state index in [1.807, 2.05) is 30.3 Å². The van der Waals surface area contributed by atoms with Crippen molar-refractivity contribution in [2.24, 2.45) is 0 Å². The highest BCUT2D eigenvalue weighted by atomic mass is 16.3. The highest BCUT2D eigenvalue weighted by molar-refractivity contribution is 6.03. The first kappa shape index (κ1) is 23.8. The summed E-state index contributed by atoms with van der Waals surface area (Å²) in [6.45, 7) is 6.97. The molecule has 0 saturated carbocycles. The second-order valence-electron chi connectivity index (χ2n) is 7.65. The van der Waals surface area contributed by atoms with E-state index in [-0.39, 0.29) is 17.3 Å². The van der Waals surface area contributed by atoms with Gasteiger partial charge in [-0.15, -0.1) is 6.42 Å². The molecule has 0 unspecified atom stereocenters. The summed E-state index contributed by atoms with van der Waals surface area (Å²) in [5.74, 6) is 2.76. The number of nitrogens with zero attached hydrogens (tertiary/aromatic N) is 3. The minimum atomic E-state index is -0.314. The molecular formula is C26H29N5O2. The van der Waals surface area contributed by atoms with E-state index in [0.29, 0.717) is 23.3 Å². The second kappa shape index (κ2) is 11.7. The molecule has 0 saturated heterocycles. The van der Waals surface area contributed by atoms with Crippen molar-refractivity contribution in [3.63, 3.8) is 0 Å². The molecule has 1 heterocycles. The van der Waals surface area contributed by atoms with E-state index in [1.54, 1.807) is 6.07 Å². The zero-order chi connectivity index (χ0) is 23.6. The molecule has 1 amide bonds. The largest absolute Gasteiger partial charge is 0.506 e. The van der Waals surface area contributed by atoms with Crippen LogP contribution in [0.5, 0.6) is 5.75 Å². The number of terminal acetylenes is 1. The van der Waals surface area contributed by atoms with Crippen LogP contribution in [-0.4, -0.2) is 45.5 Å². The third kappa shape index (κ3) is 6.55. The summed E-state index contributed by atoms with van der Waals surface area (Å²) in [4.78, 5) is 23.3. The lowest BCUT2D eigenvalue weighted by molar-refractivity contribution is -0.111. The van der Waals surface area contributed by atoms with Gasteiger partial charge in [-0.3, -0.25) is 9.69 Å². The Labute approximate surface area is 194 Å².